The van der Waals surface area contributed by atoms with Gasteiger partial charge in [-0.15, -0.1) is 11.6 Å². The molecule has 2 rings (SSSR count). The van der Waals surface area contributed by atoms with Crippen LogP contribution in [0.3, 0.4) is 0 Å². The Morgan fingerprint density at radius 1 is 1.11 bits per heavy atom. The Hall–Kier alpha value is -0.830. The molecule has 94 valence electrons. The summed E-state index contributed by atoms with van der Waals surface area (Å²) in [4.78, 5) is 0.723. The molecule has 0 saturated carbocycles. The molecule has 0 spiro atoms. The van der Waals surface area contributed by atoms with Crippen molar-refractivity contribution in [3.8, 4) is 0 Å². The fourth-order valence-electron chi connectivity index (χ4n) is 1.56. The molecule has 2 aromatic carbocycles. The quantitative estimate of drug-likeness (QED) is 0.751. The Kier molecular flexibility index (Phi) is 4.44. The smallest absolute Gasteiger partial charge is 0.138 e. The van der Waals surface area contributed by atoms with Crippen LogP contribution in [0.2, 0.25) is 5.02 Å². The number of halogens is 2. The number of aryl methyl sites for hydroxylation is 1. The van der Waals surface area contributed by atoms with E-state index in [2.05, 4.69) is 0 Å². The standard InChI is InChI=1S/C14H12Cl2OS/c1-10-5-7-13(8-6-10)18(17)14(16)11-3-2-4-12(15)9-11/h2-9,14H,1H3. The molecule has 0 aromatic heterocycles. The summed E-state index contributed by atoms with van der Waals surface area (Å²) in [5.41, 5.74) is 1.90. The average Bonchev–Trinajstić information content (AvgIpc) is 2.38. The summed E-state index contributed by atoms with van der Waals surface area (Å²) in [5, 5.41) is 0.596. The summed E-state index contributed by atoms with van der Waals surface area (Å²) < 4.78 is 11.7. The van der Waals surface area contributed by atoms with Gasteiger partial charge in [0.1, 0.15) is 4.71 Å². The molecule has 2 unspecified atom stereocenters. The summed E-state index contributed by atoms with van der Waals surface area (Å²) >= 11 is 12.1. The predicted molar refractivity (Wildman–Crippen MR) is 77.6 cm³/mol. The zero-order chi connectivity index (χ0) is 13.1. The van der Waals surface area contributed by atoms with Gasteiger partial charge in [-0.3, -0.25) is 4.21 Å². The first-order chi connectivity index (χ1) is 8.58. The molecule has 0 saturated heterocycles. The molecule has 0 fully saturated rings. The van der Waals surface area contributed by atoms with Crippen LogP contribution < -0.4 is 0 Å². The van der Waals surface area contributed by atoms with Crippen LogP contribution in [-0.4, -0.2) is 4.21 Å². The Morgan fingerprint density at radius 3 is 2.39 bits per heavy atom. The van der Waals surface area contributed by atoms with Crippen LogP contribution >= 0.6 is 23.2 Å². The van der Waals surface area contributed by atoms with Crippen LogP contribution in [0.4, 0.5) is 0 Å². The second-order valence-corrected chi connectivity index (χ2v) is 6.65. The van der Waals surface area contributed by atoms with Gasteiger partial charge in [-0.1, -0.05) is 41.4 Å². The Balaban J connectivity index is 2.26. The number of hydrogen-bond acceptors (Lipinski definition) is 1. The van der Waals surface area contributed by atoms with Crippen LogP contribution in [0.15, 0.2) is 53.4 Å². The highest BCUT2D eigenvalue weighted by Gasteiger charge is 2.17. The minimum absolute atomic E-state index is 0.591. The fourth-order valence-corrected chi connectivity index (χ4v) is 3.24. The van der Waals surface area contributed by atoms with Gasteiger partial charge in [-0.05, 0) is 36.8 Å². The van der Waals surface area contributed by atoms with E-state index < -0.39 is 15.5 Å². The number of alkyl halides is 1. The minimum Gasteiger partial charge on any atom is -0.252 e. The van der Waals surface area contributed by atoms with E-state index in [4.69, 9.17) is 23.2 Å². The lowest BCUT2D eigenvalue weighted by molar-refractivity contribution is 0.681. The van der Waals surface area contributed by atoms with E-state index >= 15 is 0 Å². The average molecular weight is 299 g/mol. The maximum absolute atomic E-state index is 12.3. The molecular formula is C14H12Cl2OS. The molecule has 2 aromatic rings. The maximum Gasteiger partial charge on any atom is 0.138 e. The summed E-state index contributed by atoms with van der Waals surface area (Å²) in [6.45, 7) is 1.99. The molecule has 18 heavy (non-hydrogen) atoms. The van der Waals surface area contributed by atoms with E-state index in [-0.39, 0.29) is 0 Å². The van der Waals surface area contributed by atoms with Crippen molar-refractivity contribution < 1.29 is 4.21 Å². The van der Waals surface area contributed by atoms with Crippen molar-refractivity contribution in [2.75, 3.05) is 0 Å². The van der Waals surface area contributed by atoms with Crippen LogP contribution in [0, 0.1) is 6.92 Å². The number of benzene rings is 2. The molecule has 0 aliphatic carbocycles. The zero-order valence-corrected chi connectivity index (χ0v) is 12.1. The van der Waals surface area contributed by atoms with Crippen LogP contribution in [0.25, 0.3) is 0 Å². The summed E-state index contributed by atoms with van der Waals surface area (Å²) in [6, 6.07) is 14.7. The molecule has 2 atom stereocenters. The van der Waals surface area contributed by atoms with Crippen molar-refractivity contribution in [3.05, 3.63) is 64.7 Å². The predicted octanol–water partition coefficient (Wildman–Crippen LogP) is 4.69. The van der Waals surface area contributed by atoms with E-state index in [1.165, 1.54) is 0 Å². The third-order valence-electron chi connectivity index (χ3n) is 2.55. The Bertz CT molecular complexity index is 566. The molecule has 0 N–H and O–H groups in total. The molecule has 0 aliphatic heterocycles. The fraction of sp³-hybridized carbons (Fsp3) is 0.143. The summed E-state index contributed by atoms with van der Waals surface area (Å²) in [7, 11) is -1.29. The number of rotatable bonds is 3. The lowest BCUT2D eigenvalue weighted by Gasteiger charge is -2.10. The summed E-state index contributed by atoms with van der Waals surface area (Å²) in [6.07, 6.45) is 0. The topological polar surface area (TPSA) is 17.1 Å². The van der Waals surface area contributed by atoms with Gasteiger partial charge < -0.3 is 0 Å². The van der Waals surface area contributed by atoms with Gasteiger partial charge in [0.15, 0.2) is 0 Å². The third kappa shape index (κ3) is 3.14. The molecule has 0 aliphatic rings. The second kappa shape index (κ2) is 5.87. The Morgan fingerprint density at radius 2 is 1.78 bits per heavy atom. The lowest BCUT2D eigenvalue weighted by atomic mass is 10.2. The van der Waals surface area contributed by atoms with Gasteiger partial charge in [0.25, 0.3) is 0 Å². The minimum atomic E-state index is -1.29. The zero-order valence-electron chi connectivity index (χ0n) is 9.77. The van der Waals surface area contributed by atoms with Gasteiger partial charge >= 0.3 is 0 Å². The largest absolute Gasteiger partial charge is 0.252 e. The maximum atomic E-state index is 12.3. The highest BCUT2D eigenvalue weighted by atomic mass is 35.5. The normalized spacial score (nSPS) is 14.2. The van der Waals surface area contributed by atoms with E-state index in [9.17, 15) is 4.21 Å². The first kappa shape index (κ1) is 13.6. The van der Waals surface area contributed by atoms with Crippen LogP contribution in [0.5, 0.6) is 0 Å². The van der Waals surface area contributed by atoms with Crippen molar-refractivity contribution in [2.45, 2.75) is 16.5 Å². The van der Waals surface area contributed by atoms with Crippen LogP contribution in [-0.2, 0) is 10.8 Å². The lowest BCUT2D eigenvalue weighted by Crippen LogP contribution is -2.00. The van der Waals surface area contributed by atoms with E-state index in [1.54, 1.807) is 18.2 Å². The van der Waals surface area contributed by atoms with Crippen molar-refractivity contribution >= 4 is 34.0 Å². The van der Waals surface area contributed by atoms with Crippen molar-refractivity contribution in [1.82, 2.24) is 0 Å². The number of hydrogen-bond donors (Lipinski definition) is 0. The highest BCUT2D eigenvalue weighted by Crippen LogP contribution is 2.30. The highest BCUT2D eigenvalue weighted by molar-refractivity contribution is 7.86. The molecule has 1 nitrogen and oxygen atoms in total. The molecule has 0 radical (unpaired) electrons. The summed E-state index contributed by atoms with van der Waals surface area (Å²) in [5.74, 6) is 0. The third-order valence-corrected chi connectivity index (χ3v) is 4.91. The second-order valence-electron chi connectivity index (χ2n) is 3.98. The first-order valence-corrected chi connectivity index (χ1v) is 7.47. The molecule has 0 bridgehead atoms. The van der Waals surface area contributed by atoms with E-state index in [0.717, 1.165) is 16.0 Å². The van der Waals surface area contributed by atoms with Crippen LogP contribution in [0.1, 0.15) is 15.8 Å². The van der Waals surface area contributed by atoms with Gasteiger partial charge in [-0.25, -0.2) is 0 Å². The van der Waals surface area contributed by atoms with E-state index in [1.807, 2.05) is 37.3 Å². The van der Waals surface area contributed by atoms with Gasteiger partial charge in [-0.2, -0.15) is 0 Å². The van der Waals surface area contributed by atoms with Crippen molar-refractivity contribution in [2.24, 2.45) is 0 Å². The molecule has 0 amide bonds. The van der Waals surface area contributed by atoms with Crippen molar-refractivity contribution in [3.63, 3.8) is 0 Å². The van der Waals surface area contributed by atoms with Gasteiger partial charge in [0.05, 0.1) is 10.8 Å². The molecule has 4 heteroatoms. The van der Waals surface area contributed by atoms with Gasteiger partial charge in [0, 0.05) is 9.92 Å². The van der Waals surface area contributed by atoms with Crippen molar-refractivity contribution in [1.29, 1.82) is 0 Å². The van der Waals surface area contributed by atoms with Gasteiger partial charge in [0.2, 0.25) is 0 Å². The first-order valence-electron chi connectivity index (χ1n) is 5.45. The monoisotopic (exact) mass is 298 g/mol. The van der Waals surface area contributed by atoms with E-state index in [0.29, 0.717) is 5.02 Å². The molecule has 0 heterocycles. The Labute approximate surface area is 119 Å². The molecular weight excluding hydrogens is 287 g/mol. The SMILES string of the molecule is Cc1ccc(S(=O)C(Cl)c2cccc(Cl)c2)cc1.